The molecule has 0 fully saturated rings. The maximum Gasteiger partial charge on any atom is 0.280 e. The van der Waals surface area contributed by atoms with Crippen LogP contribution in [-0.4, -0.2) is 18.7 Å². The van der Waals surface area contributed by atoms with Crippen LogP contribution >= 0.6 is 12.2 Å². The van der Waals surface area contributed by atoms with Crippen molar-refractivity contribution in [1.29, 1.82) is 0 Å². The molecule has 2 heterocycles. The van der Waals surface area contributed by atoms with Gasteiger partial charge in [0.05, 0.1) is 0 Å². The molecule has 1 aromatic carbocycles. The van der Waals surface area contributed by atoms with Crippen LogP contribution < -0.4 is 5.56 Å². The predicted octanol–water partition coefficient (Wildman–Crippen LogP) is 3.13. The number of benzene rings is 1. The summed E-state index contributed by atoms with van der Waals surface area (Å²) in [5, 5.41) is 0. The van der Waals surface area contributed by atoms with E-state index in [1.54, 1.807) is 11.6 Å². The quantitative estimate of drug-likeness (QED) is 0.694. The Labute approximate surface area is 139 Å². The molecule has 0 saturated carbocycles. The monoisotopic (exact) mass is 328 g/mol. The van der Waals surface area contributed by atoms with Gasteiger partial charge in [0.2, 0.25) is 0 Å². The summed E-state index contributed by atoms with van der Waals surface area (Å²) in [6.07, 6.45) is 0. The van der Waals surface area contributed by atoms with Crippen molar-refractivity contribution in [2.75, 3.05) is 0 Å². The van der Waals surface area contributed by atoms with Crippen LogP contribution in [0.3, 0.4) is 0 Å². The van der Waals surface area contributed by atoms with Gasteiger partial charge >= 0.3 is 0 Å². The second-order valence-corrected chi connectivity index (χ2v) is 6.55. The molecular formula is C17H20N4OS. The fourth-order valence-corrected chi connectivity index (χ4v) is 2.97. The van der Waals surface area contributed by atoms with E-state index in [9.17, 15) is 4.79 Å². The van der Waals surface area contributed by atoms with Gasteiger partial charge in [-0.15, -0.1) is 0 Å². The highest BCUT2D eigenvalue weighted by atomic mass is 32.1. The third kappa shape index (κ3) is 2.53. The number of hydrogen-bond acceptors (Lipinski definition) is 3. The number of imidazole rings is 1. The first-order chi connectivity index (χ1) is 10.9. The summed E-state index contributed by atoms with van der Waals surface area (Å²) in [5.41, 5.74) is 2.14. The van der Waals surface area contributed by atoms with Gasteiger partial charge in [-0.3, -0.25) is 9.36 Å². The summed E-state index contributed by atoms with van der Waals surface area (Å²) in [4.78, 5) is 17.5. The number of aromatic nitrogens is 4. The minimum Gasteiger partial charge on any atom is -0.318 e. The molecule has 0 aliphatic heterocycles. The molecule has 0 radical (unpaired) electrons. The summed E-state index contributed by atoms with van der Waals surface area (Å²) < 4.78 is 5.79. The molecule has 5 nitrogen and oxygen atoms in total. The lowest BCUT2D eigenvalue weighted by molar-refractivity contribution is 0.534. The molecule has 0 unspecified atom stereocenters. The lowest BCUT2D eigenvalue weighted by Gasteiger charge is -2.12. The van der Waals surface area contributed by atoms with Crippen molar-refractivity contribution in [2.24, 2.45) is 20.0 Å². The highest BCUT2D eigenvalue weighted by Crippen LogP contribution is 2.24. The van der Waals surface area contributed by atoms with Crippen LogP contribution in [-0.2, 0) is 20.6 Å². The van der Waals surface area contributed by atoms with Gasteiger partial charge in [-0.05, 0) is 18.1 Å². The summed E-state index contributed by atoms with van der Waals surface area (Å²) in [6, 6.07) is 9.95. The number of aryl methyl sites for hydroxylation is 1. The maximum atomic E-state index is 12.8. The molecule has 2 aromatic heterocycles. The molecule has 0 atom stereocenters. The molecule has 0 amide bonds. The molecule has 0 aliphatic rings. The van der Waals surface area contributed by atoms with Crippen molar-refractivity contribution in [1.82, 2.24) is 18.7 Å². The highest BCUT2D eigenvalue weighted by molar-refractivity contribution is 7.71. The van der Waals surface area contributed by atoms with Gasteiger partial charge in [-0.1, -0.05) is 44.2 Å². The predicted molar refractivity (Wildman–Crippen MR) is 95.1 cm³/mol. The third-order valence-electron chi connectivity index (χ3n) is 3.93. The minimum absolute atomic E-state index is 0.0987. The zero-order chi connectivity index (χ0) is 16.7. The largest absolute Gasteiger partial charge is 0.318 e. The molecule has 0 N–H and O–H groups in total. The van der Waals surface area contributed by atoms with Gasteiger partial charge in [-0.25, -0.2) is 4.98 Å². The van der Waals surface area contributed by atoms with Gasteiger partial charge in [0.25, 0.3) is 5.56 Å². The molecule has 0 bridgehead atoms. The van der Waals surface area contributed by atoms with Crippen LogP contribution in [0, 0.1) is 10.7 Å². The number of hydrogen-bond donors (Lipinski definition) is 0. The first kappa shape index (κ1) is 15.7. The van der Waals surface area contributed by atoms with Gasteiger partial charge in [0.1, 0.15) is 5.82 Å². The van der Waals surface area contributed by atoms with Crippen molar-refractivity contribution in [3.63, 3.8) is 0 Å². The Hall–Kier alpha value is -2.21. The second-order valence-electron chi connectivity index (χ2n) is 6.18. The Morgan fingerprint density at radius 2 is 1.78 bits per heavy atom. The van der Waals surface area contributed by atoms with E-state index in [0.29, 0.717) is 21.9 Å². The Bertz CT molecular complexity index is 980. The van der Waals surface area contributed by atoms with Crippen LogP contribution in [0.4, 0.5) is 0 Å². The fraction of sp³-hybridized carbons (Fsp3) is 0.353. The smallest absolute Gasteiger partial charge is 0.280 e. The fourth-order valence-electron chi connectivity index (χ4n) is 2.80. The van der Waals surface area contributed by atoms with Gasteiger partial charge in [0, 0.05) is 26.2 Å². The highest BCUT2D eigenvalue weighted by Gasteiger charge is 2.19. The van der Waals surface area contributed by atoms with E-state index < -0.39 is 0 Å². The number of fused-ring (bicyclic) bond motifs is 1. The standard InChI is InChI=1S/C17H20N4OS/c1-11(2)10-21-13-15(19(3)17(23)20(4)16(13)22)18-14(21)12-8-6-5-7-9-12/h5-9,11H,10H2,1-4H3. The van der Waals surface area contributed by atoms with Crippen LogP contribution in [0.25, 0.3) is 22.6 Å². The SMILES string of the molecule is CC(C)Cn1c(-c2ccccc2)nc2c1c(=O)n(C)c(=S)n2C. The molecule has 0 spiro atoms. The first-order valence-corrected chi connectivity index (χ1v) is 8.04. The van der Waals surface area contributed by atoms with E-state index in [2.05, 4.69) is 13.8 Å². The Morgan fingerprint density at radius 3 is 2.39 bits per heavy atom. The van der Waals surface area contributed by atoms with E-state index in [0.717, 1.165) is 17.9 Å². The molecule has 6 heteroatoms. The van der Waals surface area contributed by atoms with Crippen molar-refractivity contribution >= 4 is 23.4 Å². The maximum absolute atomic E-state index is 12.8. The zero-order valence-electron chi connectivity index (χ0n) is 13.8. The van der Waals surface area contributed by atoms with E-state index in [-0.39, 0.29) is 5.56 Å². The molecular weight excluding hydrogens is 308 g/mol. The average molecular weight is 328 g/mol. The Kier molecular flexibility index (Phi) is 3.93. The van der Waals surface area contributed by atoms with Gasteiger partial charge < -0.3 is 9.13 Å². The second kappa shape index (κ2) is 5.77. The van der Waals surface area contributed by atoms with Crippen molar-refractivity contribution in [2.45, 2.75) is 20.4 Å². The number of rotatable bonds is 3. The molecule has 3 aromatic rings. The van der Waals surface area contributed by atoms with Gasteiger partial charge in [-0.2, -0.15) is 0 Å². The van der Waals surface area contributed by atoms with Crippen LogP contribution in [0.1, 0.15) is 13.8 Å². The number of nitrogens with zero attached hydrogens (tertiary/aromatic N) is 4. The Morgan fingerprint density at radius 1 is 1.13 bits per heavy atom. The van der Waals surface area contributed by atoms with Crippen molar-refractivity contribution in [3.05, 3.63) is 45.5 Å². The summed E-state index contributed by atoms with van der Waals surface area (Å²) >= 11 is 5.34. The lowest BCUT2D eigenvalue weighted by atomic mass is 10.2. The van der Waals surface area contributed by atoms with E-state index >= 15 is 0 Å². The molecule has 120 valence electrons. The topological polar surface area (TPSA) is 44.8 Å². The molecule has 0 aliphatic carbocycles. The van der Waals surface area contributed by atoms with E-state index in [1.807, 2.05) is 41.9 Å². The van der Waals surface area contributed by atoms with Gasteiger partial charge in [0.15, 0.2) is 15.9 Å². The van der Waals surface area contributed by atoms with Crippen LogP contribution in [0.15, 0.2) is 35.1 Å². The molecule has 0 saturated heterocycles. The normalized spacial score (nSPS) is 11.5. The molecule has 3 rings (SSSR count). The van der Waals surface area contributed by atoms with Crippen LogP contribution in [0.5, 0.6) is 0 Å². The Balaban J connectivity index is 2.46. The minimum atomic E-state index is -0.0987. The summed E-state index contributed by atoms with van der Waals surface area (Å²) in [7, 11) is 3.56. The molecule has 23 heavy (non-hydrogen) atoms. The van der Waals surface area contributed by atoms with Crippen molar-refractivity contribution in [3.8, 4) is 11.4 Å². The van der Waals surface area contributed by atoms with Crippen LogP contribution in [0.2, 0.25) is 0 Å². The summed E-state index contributed by atoms with van der Waals surface area (Å²) in [6.45, 7) is 4.99. The summed E-state index contributed by atoms with van der Waals surface area (Å²) in [5.74, 6) is 1.20. The zero-order valence-corrected chi connectivity index (χ0v) is 14.6. The van der Waals surface area contributed by atoms with Crippen molar-refractivity contribution < 1.29 is 0 Å². The van der Waals surface area contributed by atoms with E-state index in [4.69, 9.17) is 17.2 Å². The third-order valence-corrected chi connectivity index (χ3v) is 4.48. The lowest BCUT2D eigenvalue weighted by Crippen LogP contribution is -2.24. The van der Waals surface area contributed by atoms with E-state index in [1.165, 1.54) is 4.57 Å². The average Bonchev–Trinajstić information content (AvgIpc) is 2.90. The first-order valence-electron chi connectivity index (χ1n) is 7.63.